The number of allylic oxidation sites excluding steroid dienone is 14. The van der Waals surface area contributed by atoms with E-state index in [-0.39, 0.29) is 25.6 Å². The molecule has 0 aromatic carbocycles. The first-order valence-corrected chi connectivity index (χ1v) is 33.2. The highest BCUT2D eigenvalue weighted by atomic mass is 16.7. The van der Waals surface area contributed by atoms with Gasteiger partial charge in [0.2, 0.25) is 0 Å². The first-order chi connectivity index (χ1) is 40.6. The van der Waals surface area contributed by atoms with Crippen LogP contribution in [0.25, 0.3) is 0 Å². The molecule has 83 heavy (non-hydrogen) atoms. The van der Waals surface area contributed by atoms with Crippen molar-refractivity contribution in [2.75, 3.05) is 33.0 Å². The van der Waals surface area contributed by atoms with Gasteiger partial charge in [0.25, 0.3) is 0 Å². The van der Waals surface area contributed by atoms with E-state index in [1.807, 2.05) is 0 Å². The predicted molar refractivity (Wildman–Crippen MR) is 335 cm³/mol. The molecule has 2 saturated heterocycles. The summed E-state index contributed by atoms with van der Waals surface area (Å²) in [5.41, 5.74) is 0. The van der Waals surface area contributed by atoms with E-state index >= 15 is 0 Å². The van der Waals surface area contributed by atoms with E-state index in [9.17, 15) is 40.5 Å². The summed E-state index contributed by atoms with van der Waals surface area (Å²) in [6, 6.07) is 0. The predicted octanol–water partition coefficient (Wildman–Crippen LogP) is 13.5. The van der Waals surface area contributed by atoms with Gasteiger partial charge < -0.3 is 64.2 Å². The van der Waals surface area contributed by atoms with E-state index in [0.717, 1.165) is 89.9 Å². The molecular weight excluding hydrogens is 1050 g/mol. The second-order valence-corrected chi connectivity index (χ2v) is 22.9. The van der Waals surface area contributed by atoms with Crippen molar-refractivity contribution in [2.24, 2.45) is 0 Å². The lowest BCUT2D eigenvalue weighted by atomic mass is 9.98. The van der Waals surface area contributed by atoms with E-state index in [0.29, 0.717) is 13.0 Å². The minimum absolute atomic E-state index is 0.0538. The highest BCUT2D eigenvalue weighted by Crippen LogP contribution is 2.27. The molecular formula is C69H120O14. The Bertz CT molecular complexity index is 1690. The van der Waals surface area contributed by atoms with Crippen LogP contribution in [0.4, 0.5) is 0 Å². The lowest BCUT2D eigenvalue weighted by molar-refractivity contribution is -0.332. The number of aliphatic hydroxyl groups excluding tert-OH is 7. The Balaban J connectivity index is 1.67. The summed E-state index contributed by atoms with van der Waals surface area (Å²) in [6.07, 6.45) is 56.4. The third kappa shape index (κ3) is 40.3. The maximum atomic E-state index is 13.1. The SMILES string of the molecule is CC/C=C\C/C=C\C/C=C\C/C=C\CCCCCCCCCCCCCCC(=O)OC(COCCCCCCCCCCC/C=C\C/C=C\C/C=C\CCCCCCC)COC1OC(COC2OC(CO)C(O)C(O)C2O)C(O)C(O)C1O. The molecule has 0 bridgehead atoms. The Morgan fingerprint density at radius 1 is 0.410 bits per heavy atom. The third-order valence-electron chi connectivity index (χ3n) is 15.4. The van der Waals surface area contributed by atoms with Crippen LogP contribution in [0.1, 0.15) is 245 Å². The van der Waals surface area contributed by atoms with Gasteiger partial charge in [-0.2, -0.15) is 0 Å². The van der Waals surface area contributed by atoms with Crippen molar-refractivity contribution >= 4 is 5.97 Å². The zero-order valence-corrected chi connectivity index (χ0v) is 51.9. The van der Waals surface area contributed by atoms with Crippen LogP contribution in [0, 0.1) is 0 Å². The number of unbranched alkanes of at least 4 members (excludes halogenated alkanes) is 26. The van der Waals surface area contributed by atoms with Crippen LogP contribution in [0.15, 0.2) is 85.1 Å². The second-order valence-electron chi connectivity index (χ2n) is 22.9. The molecule has 2 heterocycles. The molecule has 2 aliphatic heterocycles. The summed E-state index contributed by atoms with van der Waals surface area (Å²) in [4.78, 5) is 13.1. The Kier molecular flexibility index (Phi) is 50.1. The van der Waals surface area contributed by atoms with Gasteiger partial charge in [0.1, 0.15) is 54.9 Å². The van der Waals surface area contributed by atoms with Crippen LogP contribution >= 0.6 is 0 Å². The van der Waals surface area contributed by atoms with Crippen LogP contribution in [-0.4, -0.2) is 142 Å². The molecule has 11 unspecified atom stereocenters. The lowest BCUT2D eigenvalue weighted by Crippen LogP contribution is -2.61. The molecule has 14 heteroatoms. The summed E-state index contributed by atoms with van der Waals surface area (Å²) in [5.74, 6) is -0.381. The van der Waals surface area contributed by atoms with Crippen molar-refractivity contribution in [1.29, 1.82) is 0 Å². The molecule has 0 aliphatic carbocycles. The molecule has 0 saturated carbocycles. The summed E-state index contributed by atoms with van der Waals surface area (Å²) < 4.78 is 34.5. The normalized spacial score (nSPS) is 24.0. The molecule has 2 aliphatic rings. The monoisotopic (exact) mass is 1170 g/mol. The molecule has 480 valence electrons. The van der Waals surface area contributed by atoms with Crippen LogP contribution < -0.4 is 0 Å². The van der Waals surface area contributed by atoms with Gasteiger partial charge in [-0.15, -0.1) is 0 Å². The van der Waals surface area contributed by atoms with Crippen molar-refractivity contribution in [1.82, 2.24) is 0 Å². The fourth-order valence-corrected chi connectivity index (χ4v) is 10.1. The van der Waals surface area contributed by atoms with E-state index < -0.39 is 80.7 Å². The zero-order valence-electron chi connectivity index (χ0n) is 51.9. The largest absolute Gasteiger partial charge is 0.457 e. The maximum Gasteiger partial charge on any atom is 0.306 e. The summed E-state index contributed by atoms with van der Waals surface area (Å²) in [7, 11) is 0. The lowest BCUT2D eigenvalue weighted by Gasteiger charge is -2.42. The fraction of sp³-hybridized carbons (Fsp3) is 0.783. The number of ether oxygens (including phenoxy) is 6. The number of carbonyl (C=O) groups is 1. The number of hydrogen-bond acceptors (Lipinski definition) is 14. The molecule has 0 spiro atoms. The quantitative estimate of drug-likeness (QED) is 0.0171. The third-order valence-corrected chi connectivity index (χ3v) is 15.4. The first kappa shape index (κ1) is 76.3. The van der Waals surface area contributed by atoms with Crippen molar-refractivity contribution in [3.05, 3.63) is 85.1 Å². The molecule has 0 aromatic rings. The fourth-order valence-electron chi connectivity index (χ4n) is 10.1. The zero-order chi connectivity index (χ0) is 60.1. The molecule has 2 fully saturated rings. The highest BCUT2D eigenvalue weighted by molar-refractivity contribution is 5.69. The van der Waals surface area contributed by atoms with Crippen molar-refractivity contribution in [3.8, 4) is 0 Å². The molecule has 0 amide bonds. The molecule has 7 N–H and O–H groups in total. The Hall–Kier alpha value is -2.83. The average molecular weight is 1170 g/mol. The van der Waals surface area contributed by atoms with E-state index in [1.54, 1.807) is 0 Å². The Morgan fingerprint density at radius 3 is 1.23 bits per heavy atom. The Labute approximate surface area is 503 Å². The minimum Gasteiger partial charge on any atom is -0.457 e. The van der Waals surface area contributed by atoms with Crippen molar-refractivity contribution < 1.29 is 69.0 Å². The van der Waals surface area contributed by atoms with E-state index in [4.69, 9.17) is 28.4 Å². The molecule has 11 atom stereocenters. The van der Waals surface area contributed by atoms with Gasteiger partial charge in [0, 0.05) is 13.0 Å². The molecule has 0 aromatic heterocycles. The van der Waals surface area contributed by atoms with Crippen LogP contribution in [0.3, 0.4) is 0 Å². The highest BCUT2D eigenvalue weighted by Gasteiger charge is 2.47. The van der Waals surface area contributed by atoms with Crippen LogP contribution in [0.2, 0.25) is 0 Å². The molecule has 14 nitrogen and oxygen atoms in total. The summed E-state index contributed by atoms with van der Waals surface area (Å²) >= 11 is 0. The summed E-state index contributed by atoms with van der Waals surface area (Å²) in [6.45, 7) is 3.57. The molecule has 0 radical (unpaired) electrons. The standard InChI is InChI=1S/C69H120O14/c1-3-5-7-9-11-13-15-17-19-21-23-25-27-29-30-32-34-36-38-40-42-44-46-48-50-52-61(71)81-58(56-79-68-67(77)65(75)63(73)60(83-68)57-80-69-66(76)64(74)62(72)59(54-70)82-69)55-78-53-51-49-47-45-43-41-39-37-35-33-31-28-26-24-22-20-18-16-14-12-10-8-6-4-2/h5,7,11,13,16-19,22-25,28,31,58-60,62-70,72-77H,3-4,6,8-10,12,14-15,20-21,26-27,29-30,32-57H2,1-2H3/b7-5-,13-11-,18-16-,19-17-,24-22-,25-23-,31-28-. The average Bonchev–Trinajstić information content (AvgIpc) is 3.67. The maximum absolute atomic E-state index is 13.1. The van der Waals surface area contributed by atoms with Crippen molar-refractivity contribution in [3.63, 3.8) is 0 Å². The van der Waals surface area contributed by atoms with Gasteiger partial charge in [-0.3, -0.25) is 4.79 Å². The van der Waals surface area contributed by atoms with Gasteiger partial charge >= 0.3 is 5.97 Å². The second kappa shape index (κ2) is 54.6. The van der Waals surface area contributed by atoms with Crippen LogP contribution in [0.5, 0.6) is 0 Å². The number of esters is 1. The van der Waals surface area contributed by atoms with Gasteiger partial charge in [0.05, 0.1) is 26.4 Å². The Morgan fingerprint density at radius 2 is 0.783 bits per heavy atom. The van der Waals surface area contributed by atoms with Gasteiger partial charge in [-0.25, -0.2) is 0 Å². The number of carbonyl (C=O) groups excluding carboxylic acids is 1. The minimum atomic E-state index is -1.71. The smallest absolute Gasteiger partial charge is 0.306 e. The van der Waals surface area contributed by atoms with Gasteiger partial charge in [-0.1, -0.05) is 234 Å². The van der Waals surface area contributed by atoms with E-state index in [1.165, 1.54) is 128 Å². The number of rotatable bonds is 54. The van der Waals surface area contributed by atoms with E-state index in [2.05, 4.69) is 98.9 Å². The first-order valence-electron chi connectivity index (χ1n) is 33.2. The van der Waals surface area contributed by atoms with Gasteiger partial charge in [-0.05, 0) is 89.9 Å². The summed E-state index contributed by atoms with van der Waals surface area (Å²) in [5, 5.41) is 72.6. The molecule has 2 rings (SSSR count). The topological polar surface area (TPSA) is 214 Å². The van der Waals surface area contributed by atoms with Gasteiger partial charge in [0.15, 0.2) is 12.6 Å². The van der Waals surface area contributed by atoms with Crippen LogP contribution in [-0.2, 0) is 33.2 Å². The number of aliphatic hydroxyl groups is 7. The number of hydrogen-bond donors (Lipinski definition) is 7. The van der Waals surface area contributed by atoms with Crippen molar-refractivity contribution in [2.45, 2.75) is 313 Å².